The number of amides is 2. The zero-order valence-corrected chi connectivity index (χ0v) is 17.0. The molecule has 3 rings (SSSR count). The molecule has 2 N–H and O–H groups in total. The Hall–Kier alpha value is -2.67. The van der Waals surface area contributed by atoms with Crippen LogP contribution in [0.5, 0.6) is 0 Å². The highest BCUT2D eigenvalue weighted by Crippen LogP contribution is 2.16. The molecule has 0 aromatic heterocycles. The number of carbonyl (C=O) groups excluding carboxylic acids is 2. The Morgan fingerprint density at radius 2 is 1.52 bits per heavy atom. The lowest BCUT2D eigenvalue weighted by Gasteiger charge is -2.08. The number of nitrogens with one attached hydrogen (secondary N) is 2. The predicted octanol–water partition coefficient (Wildman–Crippen LogP) is 4.78. The van der Waals surface area contributed by atoms with E-state index in [9.17, 15) is 9.59 Å². The molecule has 5 heteroatoms. The van der Waals surface area contributed by atoms with Gasteiger partial charge in [0.05, 0.1) is 0 Å². The van der Waals surface area contributed by atoms with E-state index in [0.29, 0.717) is 23.4 Å². The summed E-state index contributed by atoms with van der Waals surface area (Å²) in [5.74, 6) is -0.320. The molecule has 0 atom stereocenters. The number of hydrogen-bond acceptors (Lipinski definition) is 2. The molecule has 0 fully saturated rings. The lowest BCUT2D eigenvalue weighted by Crippen LogP contribution is -2.22. The fraction of sp³-hybridized carbons (Fsp3) is 0.0909. The maximum absolute atomic E-state index is 12.4. The van der Waals surface area contributed by atoms with Crippen LogP contribution in [0.1, 0.15) is 31.8 Å². The Labute approximate surface area is 172 Å². The van der Waals surface area contributed by atoms with Gasteiger partial charge in [0.25, 0.3) is 11.8 Å². The van der Waals surface area contributed by atoms with Crippen molar-refractivity contribution in [3.8, 4) is 0 Å². The SMILES string of the molecule is Cc1ccc(C(=O)Nc2ccc(C(=O)NCc3ccccc3)cc2)cc1I. The molecular weight excluding hydrogens is 451 g/mol. The highest BCUT2D eigenvalue weighted by Gasteiger charge is 2.09. The lowest BCUT2D eigenvalue weighted by atomic mass is 10.1. The number of halogens is 1. The Morgan fingerprint density at radius 3 is 2.19 bits per heavy atom. The van der Waals surface area contributed by atoms with Crippen molar-refractivity contribution in [2.75, 3.05) is 5.32 Å². The topological polar surface area (TPSA) is 58.2 Å². The Morgan fingerprint density at radius 1 is 0.852 bits per heavy atom. The second kappa shape index (κ2) is 8.81. The standard InChI is InChI=1S/C22H19IN2O2/c1-15-7-8-18(13-20(15)23)22(27)25-19-11-9-17(10-12-19)21(26)24-14-16-5-3-2-4-6-16/h2-13H,14H2,1H3,(H,24,26)(H,25,27). The molecule has 0 heterocycles. The first kappa shape index (κ1) is 19.1. The van der Waals surface area contributed by atoms with Gasteiger partial charge in [0.1, 0.15) is 0 Å². The summed E-state index contributed by atoms with van der Waals surface area (Å²) in [7, 11) is 0. The summed E-state index contributed by atoms with van der Waals surface area (Å²) in [6.07, 6.45) is 0. The number of carbonyl (C=O) groups is 2. The lowest BCUT2D eigenvalue weighted by molar-refractivity contribution is 0.0950. The molecule has 0 radical (unpaired) electrons. The van der Waals surface area contributed by atoms with Crippen LogP contribution in [-0.4, -0.2) is 11.8 Å². The largest absolute Gasteiger partial charge is 0.348 e. The van der Waals surface area contributed by atoms with E-state index in [1.807, 2.05) is 49.4 Å². The molecule has 3 aromatic carbocycles. The maximum Gasteiger partial charge on any atom is 0.255 e. The Balaban J connectivity index is 1.60. The molecular formula is C22H19IN2O2. The molecule has 27 heavy (non-hydrogen) atoms. The fourth-order valence-electron chi connectivity index (χ4n) is 2.52. The first-order chi connectivity index (χ1) is 13.0. The highest BCUT2D eigenvalue weighted by atomic mass is 127. The molecule has 4 nitrogen and oxygen atoms in total. The molecule has 0 aliphatic heterocycles. The molecule has 0 spiro atoms. The first-order valence-corrected chi connectivity index (χ1v) is 9.60. The quantitative estimate of drug-likeness (QED) is 0.528. The number of rotatable bonds is 5. The van der Waals surface area contributed by atoms with Crippen LogP contribution in [0.3, 0.4) is 0 Å². The average molecular weight is 470 g/mol. The minimum absolute atomic E-state index is 0.148. The van der Waals surface area contributed by atoms with Gasteiger partial charge in [-0.15, -0.1) is 0 Å². The predicted molar refractivity (Wildman–Crippen MR) is 116 cm³/mol. The van der Waals surface area contributed by atoms with Crippen molar-refractivity contribution >= 4 is 40.1 Å². The van der Waals surface area contributed by atoms with Crippen LogP contribution < -0.4 is 10.6 Å². The van der Waals surface area contributed by atoms with Gasteiger partial charge in [-0.05, 0) is 77.0 Å². The van der Waals surface area contributed by atoms with Gasteiger partial charge in [0, 0.05) is 26.9 Å². The molecule has 0 saturated carbocycles. The third-order valence-corrected chi connectivity index (χ3v) is 5.30. The molecule has 3 aromatic rings. The average Bonchev–Trinajstić information content (AvgIpc) is 2.69. The molecule has 0 aliphatic carbocycles. The first-order valence-electron chi connectivity index (χ1n) is 8.52. The molecule has 0 bridgehead atoms. The van der Waals surface area contributed by atoms with Crippen LogP contribution >= 0.6 is 22.6 Å². The van der Waals surface area contributed by atoms with Crippen molar-refractivity contribution in [2.45, 2.75) is 13.5 Å². The van der Waals surface area contributed by atoms with Gasteiger partial charge < -0.3 is 10.6 Å². The Kier molecular flexibility index (Phi) is 6.24. The molecule has 0 unspecified atom stereocenters. The van der Waals surface area contributed by atoms with Gasteiger partial charge in [-0.2, -0.15) is 0 Å². The fourth-order valence-corrected chi connectivity index (χ4v) is 3.04. The summed E-state index contributed by atoms with van der Waals surface area (Å²) in [6, 6.07) is 22.2. The Bertz CT molecular complexity index is 954. The van der Waals surface area contributed by atoms with E-state index in [1.165, 1.54) is 0 Å². The van der Waals surface area contributed by atoms with E-state index >= 15 is 0 Å². The van der Waals surface area contributed by atoms with Crippen LogP contribution in [0, 0.1) is 10.5 Å². The highest BCUT2D eigenvalue weighted by molar-refractivity contribution is 14.1. The van der Waals surface area contributed by atoms with Gasteiger partial charge in [0.2, 0.25) is 0 Å². The summed E-state index contributed by atoms with van der Waals surface area (Å²) in [6.45, 7) is 2.48. The minimum atomic E-state index is -0.172. The summed E-state index contributed by atoms with van der Waals surface area (Å²) >= 11 is 2.21. The number of hydrogen-bond donors (Lipinski definition) is 2. The maximum atomic E-state index is 12.4. The van der Waals surface area contributed by atoms with E-state index in [2.05, 4.69) is 33.2 Å². The summed E-state index contributed by atoms with van der Waals surface area (Å²) < 4.78 is 1.05. The van der Waals surface area contributed by atoms with Gasteiger partial charge in [0.15, 0.2) is 0 Å². The van der Waals surface area contributed by atoms with Crippen molar-refractivity contribution in [3.63, 3.8) is 0 Å². The summed E-state index contributed by atoms with van der Waals surface area (Å²) in [5, 5.41) is 5.74. The van der Waals surface area contributed by atoms with E-state index in [-0.39, 0.29) is 11.8 Å². The molecule has 0 aliphatic rings. The van der Waals surface area contributed by atoms with Crippen LogP contribution in [0.15, 0.2) is 72.8 Å². The van der Waals surface area contributed by atoms with Gasteiger partial charge in [-0.1, -0.05) is 36.4 Å². The van der Waals surface area contributed by atoms with Crippen molar-refractivity contribution in [1.82, 2.24) is 5.32 Å². The van der Waals surface area contributed by atoms with E-state index in [0.717, 1.165) is 14.7 Å². The van der Waals surface area contributed by atoms with Crippen molar-refractivity contribution in [1.29, 1.82) is 0 Å². The van der Waals surface area contributed by atoms with Crippen molar-refractivity contribution in [2.24, 2.45) is 0 Å². The van der Waals surface area contributed by atoms with E-state index in [1.54, 1.807) is 30.3 Å². The van der Waals surface area contributed by atoms with Crippen LogP contribution in [0.2, 0.25) is 0 Å². The van der Waals surface area contributed by atoms with Gasteiger partial charge >= 0.3 is 0 Å². The van der Waals surface area contributed by atoms with Crippen LogP contribution in [-0.2, 0) is 6.54 Å². The smallest absolute Gasteiger partial charge is 0.255 e. The van der Waals surface area contributed by atoms with Crippen molar-refractivity contribution in [3.05, 3.63) is 98.6 Å². The summed E-state index contributed by atoms with van der Waals surface area (Å²) in [5.41, 5.74) is 3.99. The minimum Gasteiger partial charge on any atom is -0.348 e. The third-order valence-electron chi connectivity index (χ3n) is 4.13. The van der Waals surface area contributed by atoms with Gasteiger partial charge in [-0.3, -0.25) is 9.59 Å². The van der Waals surface area contributed by atoms with Gasteiger partial charge in [-0.25, -0.2) is 0 Å². The third kappa shape index (κ3) is 5.17. The van der Waals surface area contributed by atoms with Crippen molar-refractivity contribution < 1.29 is 9.59 Å². The number of anilines is 1. The molecule has 2 amide bonds. The molecule has 136 valence electrons. The second-order valence-corrected chi connectivity index (χ2v) is 7.33. The van der Waals surface area contributed by atoms with E-state index < -0.39 is 0 Å². The number of benzene rings is 3. The zero-order valence-electron chi connectivity index (χ0n) is 14.8. The second-order valence-electron chi connectivity index (χ2n) is 6.16. The molecule has 0 saturated heterocycles. The van der Waals surface area contributed by atoms with Crippen LogP contribution in [0.4, 0.5) is 5.69 Å². The number of aryl methyl sites for hydroxylation is 1. The normalized spacial score (nSPS) is 10.3. The zero-order chi connectivity index (χ0) is 19.2. The monoisotopic (exact) mass is 470 g/mol. The van der Waals surface area contributed by atoms with E-state index in [4.69, 9.17) is 0 Å². The van der Waals surface area contributed by atoms with Crippen LogP contribution in [0.25, 0.3) is 0 Å². The summed E-state index contributed by atoms with van der Waals surface area (Å²) in [4.78, 5) is 24.6.